The number of carbonyl (C=O) groups excluding carboxylic acids is 1. The smallest absolute Gasteiger partial charge is 0.143 e. The predicted molar refractivity (Wildman–Crippen MR) is 74.9 cm³/mol. The van der Waals surface area contributed by atoms with Gasteiger partial charge in [0.1, 0.15) is 5.78 Å². The first-order valence-corrected chi connectivity index (χ1v) is 7.43. The van der Waals surface area contributed by atoms with Gasteiger partial charge in [0.2, 0.25) is 0 Å². The van der Waals surface area contributed by atoms with Gasteiger partial charge in [-0.05, 0) is 37.3 Å². The van der Waals surface area contributed by atoms with Crippen molar-refractivity contribution in [3.05, 3.63) is 29.6 Å². The molecule has 2 N–H and O–H groups in total. The number of hydrogen-bond acceptors (Lipinski definition) is 3. The summed E-state index contributed by atoms with van der Waals surface area (Å²) in [5.41, 5.74) is 8.42. The molecule has 0 aliphatic heterocycles. The molecule has 1 aromatic rings. The van der Waals surface area contributed by atoms with Crippen molar-refractivity contribution in [1.29, 1.82) is 0 Å². The Bertz CT molecular complexity index is 477. The summed E-state index contributed by atoms with van der Waals surface area (Å²) < 4.78 is 0. The van der Waals surface area contributed by atoms with E-state index in [0.717, 1.165) is 31.4 Å². The van der Waals surface area contributed by atoms with Crippen LogP contribution in [0.15, 0.2) is 18.3 Å². The molecule has 3 rings (SSSR count). The van der Waals surface area contributed by atoms with Crippen LogP contribution in [0.25, 0.3) is 0 Å². The summed E-state index contributed by atoms with van der Waals surface area (Å²) >= 11 is 0. The van der Waals surface area contributed by atoms with Gasteiger partial charge in [-0.1, -0.05) is 25.3 Å². The second-order valence-electron chi connectivity index (χ2n) is 6.21. The van der Waals surface area contributed by atoms with Gasteiger partial charge in [-0.15, -0.1) is 0 Å². The van der Waals surface area contributed by atoms with E-state index < -0.39 is 0 Å². The quantitative estimate of drug-likeness (QED) is 0.907. The van der Waals surface area contributed by atoms with Crippen molar-refractivity contribution in [3.63, 3.8) is 0 Å². The summed E-state index contributed by atoms with van der Waals surface area (Å²) in [5.74, 6) is 0.306. The average Bonchev–Trinajstić information content (AvgIpc) is 2.83. The standard InChI is InChI=1S/C16H22N2O/c17-16(8-2-1-3-9-16)11-14(19)13-7-6-12-5-4-10-18-15(12)13/h4-5,10,13H,1-3,6-9,11,17H2. The molecule has 102 valence electrons. The summed E-state index contributed by atoms with van der Waals surface area (Å²) in [7, 11) is 0. The van der Waals surface area contributed by atoms with E-state index >= 15 is 0 Å². The van der Waals surface area contributed by atoms with Crippen LogP contribution in [0.3, 0.4) is 0 Å². The molecule has 2 aliphatic carbocycles. The fraction of sp³-hybridized carbons (Fsp3) is 0.625. The minimum atomic E-state index is -0.243. The zero-order chi connectivity index (χ0) is 13.3. The lowest BCUT2D eigenvalue weighted by Gasteiger charge is -2.33. The van der Waals surface area contributed by atoms with Crippen molar-refractivity contribution in [2.45, 2.75) is 62.8 Å². The number of ketones is 1. The molecule has 19 heavy (non-hydrogen) atoms. The Morgan fingerprint density at radius 2 is 2.16 bits per heavy atom. The van der Waals surface area contributed by atoms with Gasteiger partial charge in [0.15, 0.2) is 0 Å². The van der Waals surface area contributed by atoms with Crippen LogP contribution < -0.4 is 5.73 Å². The second kappa shape index (κ2) is 5.04. The molecule has 0 amide bonds. The number of nitrogens with two attached hydrogens (primary N) is 1. The van der Waals surface area contributed by atoms with Crippen LogP contribution in [0.5, 0.6) is 0 Å². The third kappa shape index (κ3) is 2.57. The number of Topliss-reactive ketones (excluding diaryl/α,β-unsaturated/α-hetero) is 1. The van der Waals surface area contributed by atoms with Crippen molar-refractivity contribution >= 4 is 5.78 Å². The minimum absolute atomic E-state index is 0.00134. The molecule has 1 heterocycles. The Hall–Kier alpha value is -1.22. The summed E-state index contributed by atoms with van der Waals surface area (Å²) in [6.07, 6.45) is 9.84. The van der Waals surface area contributed by atoms with Crippen molar-refractivity contribution in [2.24, 2.45) is 5.73 Å². The predicted octanol–water partition coefficient (Wildman–Crippen LogP) is 2.73. The zero-order valence-corrected chi connectivity index (χ0v) is 11.4. The molecular formula is C16H22N2O. The number of pyridine rings is 1. The number of rotatable bonds is 3. The zero-order valence-electron chi connectivity index (χ0n) is 11.4. The van der Waals surface area contributed by atoms with Crippen LogP contribution >= 0.6 is 0 Å². The fourth-order valence-corrected chi connectivity index (χ4v) is 3.63. The maximum atomic E-state index is 12.6. The monoisotopic (exact) mass is 258 g/mol. The molecule has 0 saturated heterocycles. The largest absolute Gasteiger partial charge is 0.325 e. The van der Waals surface area contributed by atoms with E-state index in [-0.39, 0.29) is 11.5 Å². The van der Waals surface area contributed by atoms with Gasteiger partial charge >= 0.3 is 0 Å². The Morgan fingerprint density at radius 1 is 1.37 bits per heavy atom. The summed E-state index contributed by atoms with van der Waals surface area (Å²) in [5, 5.41) is 0. The summed E-state index contributed by atoms with van der Waals surface area (Å²) in [4.78, 5) is 17.0. The first-order chi connectivity index (χ1) is 9.18. The molecule has 0 bridgehead atoms. The molecule has 0 radical (unpaired) electrons. The third-order valence-corrected chi connectivity index (χ3v) is 4.72. The highest BCUT2D eigenvalue weighted by atomic mass is 16.1. The lowest BCUT2D eigenvalue weighted by molar-refractivity contribution is -0.122. The molecule has 1 fully saturated rings. The van der Waals surface area contributed by atoms with Gasteiger partial charge in [-0.3, -0.25) is 9.78 Å². The van der Waals surface area contributed by atoms with Crippen LogP contribution in [-0.4, -0.2) is 16.3 Å². The maximum absolute atomic E-state index is 12.6. The maximum Gasteiger partial charge on any atom is 0.143 e. The first kappa shape index (κ1) is 12.8. The number of carbonyl (C=O) groups is 1. The highest BCUT2D eigenvalue weighted by Crippen LogP contribution is 2.36. The van der Waals surface area contributed by atoms with Crippen molar-refractivity contribution in [2.75, 3.05) is 0 Å². The minimum Gasteiger partial charge on any atom is -0.325 e. The number of aryl methyl sites for hydroxylation is 1. The molecule has 3 nitrogen and oxygen atoms in total. The Kier molecular flexibility index (Phi) is 3.40. The van der Waals surface area contributed by atoms with Crippen molar-refractivity contribution in [3.8, 4) is 0 Å². The number of aromatic nitrogens is 1. The van der Waals surface area contributed by atoms with Gasteiger partial charge in [-0.25, -0.2) is 0 Å². The molecule has 1 unspecified atom stereocenters. The van der Waals surface area contributed by atoms with E-state index in [1.807, 2.05) is 6.07 Å². The fourth-order valence-electron chi connectivity index (χ4n) is 3.63. The van der Waals surface area contributed by atoms with Crippen molar-refractivity contribution < 1.29 is 4.79 Å². The van der Waals surface area contributed by atoms with E-state index in [9.17, 15) is 4.79 Å². The third-order valence-electron chi connectivity index (χ3n) is 4.72. The Morgan fingerprint density at radius 3 is 2.95 bits per heavy atom. The Labute approximate surface area is 114 Å². The van der Waals surface area contributed by atoms with Gasteiger partial charge in [0.25, 0.3) is 0 Å². The van der Waals surface area contributed by atoms with E-state index in [4.69, 9.17) is 5.73 Å². The van der Waals surface area contributed by atoms with Gasteiger partial charge in [-0.2, -0.15) is 0 Å². The molecular weight excluding hydrogens is 236 g/mol. The first-order valence-electron chi connectivity index (χ1n) is 7.43. The molecule has 3 heteroatoms. The summed E-state index contributed by atoms with van der Waals surface area (Å²) in [6, 6.07) is 4.05. The number of hydrogen-bond donors (Lipinski definition) is 1. The van der Waals surface area contributed by atoms with Gasteiger partial charge in [0.05, 0.1) is 11.6 Å². The lowest BCUT2D eigenvalue weighted by Crippen LogP contribution is -2.44. The number of nitrogens with zero attached hydrogens (tertiary/aromatic N) is 1. The molecule has 1 saturated carbocycles. The highest BCUT2D eigenvalue weighted by Gasteiger charge is 2.36. The van der Waals surface area contributed by atoms with Crippen molar-refractivity contribution in [1.82, 2.24) is 4.98 Å². The topological polar surface area (TPSA) is 56.0 Å². The molecule has 0 aromatic carbocycles. The van der Waals surface area contributed by atoms with Crippen LogP contribution in [-0.2, 0) is 11.2 Å². The molecule has 1 atom stereocenters. The van der Waals surface area contributed by atoms with Gasteiger partial charge in [0, 0.05) is 18.2 Å². The second-order valence-corrected chi connectivity index (χ2v) is 6.21. The van der Waals surface area contributed by atoms with E-state index in [1.54, 1.807) is 6.20 Å². The van der Waals surface area contributed by atoms with Crippen LogP contribution in [0.4, 0.5) is 0 Å². The SMILES string of the molecule is NC1(CC(=O)C2CCc3cccnc32)CCCCC1. The van der Waals surface area contributed by atoms with Gasteiger partial charge < -0.3 is 5.73 Å². The van der Waals surface area contributed by atoms with Crippen LogP contribution in [0, 0.1) is 0 Å². The van der Waals surface area contributed by atoms with Crippen LogP contribution in [0.2, 0.25) is 0 Å². The average molecular weight is 258 g/mol. The molecule has 2 aliphatic rings. The summed E-state index contributed by atoms with van der Waals surface area (Å²) in [6.45, 7) is 0. The Balaban J connectivity index is 1.72. The molecule has 1 aromatic heterocycles. The van der Waals surface area contributed by atoms with E-state index in [0.29, 0.717) is 12.2 Å². The van der Waals surface area contributed by atoms with E-state index in [2.05, 4.69) is 11.1 Å². The lowest BCUT2D eigenvalue weighted by atomic mass is 9.77. The van der Waals surface area contributed by atoms with E-state index in [1.165, 1.54) is 24.8 Å². The number of fused-ring (bicyclic) bond motifs is 1. The normalized spacial score (nSPS) is 25.0. The molecule has 0 spiro atoms. The van der Waals surface area contributed by atoms with Crippen LogP contribution in [0.1, 0.15) is 62.1 Å². The highest BCUT2D eigenvalue weighted by molar-refractivity contribution is 5.87.